The minimum atomic E-state index is -0.988. The van der Waals surface area contributed by atoms with Gasteiger partial charge in [-0.25, -0.2) is 9.59 Å². The van der Waals surface area contributed by atoms with Gasteiger partial charge in [0.15, 0.2) is 0 Å². The first kappa shape index (κ1) is 17.4. The molecule has 1 aromatic rings. The number of carbonyl (C=O) groups excluding carboxylic acids is 2. The molecule has 1 saturated heterocycles. The van der Waals surface area contributed by atoms with Gasteiger partial charge in [0.05, 0.1) is 12.7 Å². The Bertz CT molecular complexity index is 538. The maximum absolute atomic E-state index is 12.1. The molecule has 6 heteroatoms. The molecule has 0 spiro atoms. The van der Waals surface area contributed by atoms with Crippen molar-refractivity contribution in [2.24, 2.45) is 0 Å². The molecule has 1 heterocycles. The number of nitrogens with one attached hydrogen (secondary N) is 1. The number of hydrogen-bond acceptors (Lipinski definition) is 6. The average molecular weight is 321 g/mol. The number of esters is 1. The second-order valence-corrected chi connectivity index (χ2v) is 6.44. The molecule has 0 aromatic heterocycles. The molecular weight excluding hydrogens is 298 g/mol. The summed E-state index contributed by atoms with van der Waals surface area (Å²) in [7, 11) is 0. The molecule has 6 nitrogen and oxygen atoms in total. The molecule has 1 aliphatic rings. The van der Waals surface area contributed by atoms with Crippen LogP contribution in [-0.2, 0) is 25.6 Å². The van der Waals surface area contributed by atoms with Gasteiger partial charge in [-0.2, -0.15) is 0 Å². The molecular formula is C17H23NO5. The van der Waals surface area contributed by atoms with E-state index < -0.39 is 23.8 Å². The van der Waals surface area contributed by atoms with E-state index in [0.29, 0.717) is 19.6 Å². The summed E-state index contributed by atoms with van der Waals surface area (Å²) in [4.78, 5) is 23.7. The highest BCUT2D eigenvalue weighted by atomic mass is 16.7. The van der Waals surface area contributed by atoms with Crippen LogP contribution in [0.2, 0.25) is 0 Å². The average Bonchev–Trinajstić information content (AvgIpc) is 2.92. The Labute approximate surface area is 136 Å². The van der Waals surface area contributed by atoms with E-state index in [1.54, 1.807) is 20.8 Å². The second kappa shape index (κ2) is 7.57. The highest BCUT2D eigenvalue weighted by molar-refractivity contribution is 5.86. The number of benzene rings is 1. The lowest BCUT2D eigenvalue weighted by atomic mass is 10.1. The summed E-state index contributed by atoms with van der Waals surface area (Å²) in [6, 6.07) is 9.04. The Hall–Kier alpha value is -1.92. The van der Waals surface area contributed by atoms with E-state index in [2.05, 4.69) is 5.32 Å². The lowest BCUT2D eigenvalue weighted by molar-refractivity contribution is -0.147. The van der Waals surface area contributed by atoms with Gasteiger partial charge in [-0.05, 0) is 39.3 Å². The molecule has 1 fully saturated rings. The van der Waals surface area contributed by atoms with E-state index in [9.17, 15) is 9.59 Å². The molecule has 1 N–H and O–H groups in total. The van der Waals surface area contributed by atoms with Crippen LogP contribution in [0.1, 0.15) is 32.8 Å². The summed E-state index contributed by atoms with van der Waals surface area (Å²) < 4.78 is 15.5. The van der Waals surface area contributed by atoms with Gasteiger partial charge in [0.1, 0.15) is 11.6 Å². The molecule has 0 radical (unpaired) electrons. The van der Waals surface area contributed by atoms with Crippen LogP contribution in [0, 0.1) is 0 Å². The summed E-state index contributed by atoms with van der Waals surface area (Å²) in [5.41, 5.74) is 0.322. The van der Waals surface area contributed by atoms with Gasteiger partial charge in [-0.15, -0.1) is 0 Å². The van der Waals surface area contributed by atoms with Crippen LogP contribution in [-0.4, -0.2) is 36.4 Å². The predicted molar refractivity (Wildman–Crippen MR) is 83.8 cm³/mol. The summed E-state index contributed by atoms with van der Waals surface area (Å²) >= 11 is 0. The van der Waals surface area contributed by atoms with E-state index in [-0.39, 0.29) is 6.10 Å². The van der Waals surface area contributed by atoms with Crippen molar-refractivity contribution in [2.45, 2.75) is 51.5 Å². The molecule has 0 amide bonds. The normalized spacial score (nSPS) is 21.0. The van der Waals surface area contributed by atoms with Gasteiger partial charge in [0.2, 0.25) is 0 Å². The summed E-state index contributed by atoms with van der Waals surface area (Å²) in [6.45, 7) is 6.16. The number of ether oxygens (including phenoxy) is 3. The Morgan fingerprint density at radius 2 is 1.91 bits per heavy atom. The molecule has 2 rings (SSSR count). The first-order valence-corrected chi connectivity index (χ1v) is 7.69. The topological polar surface area (TPSA) is 73.9 Å². The van der Waals surface area contributed by atoms with Gasteiger partial charge < -0.3 is 19.5 Å². The molecule has 1 aliphatic heterocycles. The number of hydrogen-bond donors (Lipinski definition) is 1. The van der Waals surface area contributed by atoms with Gasteiger partial charge in [-0.1, -0.05) is 30.3 Å². The fourth-order valence-electron chi connectivity index (χ4n) is 2.29. The molecule has 1 unspecified atom stereocenters. The molecule has 126 valence electrons. The zero-order valence-electron chi connectivity index (χ0n) is 13.7. The fraction of sp³-hybridized carbons (Fsp3) is 0.529. The minimum Gasteiger partial charge on any atom is -0.428 e. The quantitative estimate of drug-likeness (QED) is 0.678. The van der Waals surface area contributed by atoms with E-state index >= 15 is 0 Å². The monoisotopic (exact) mass is 321 g/mol. The first-order valence-electron chi connectivity index (χ1n) is 7.69. The van der Waals surface area contributed by atoms with Crippen molar-refractivity contribution < 1.29 is 23.8 Å². The van der Waals surface area contributed by atoms with E-state index in [4.69, 9.17) is 14.2 Å². The molecule has 23 heavy (non-hydrogen) atoms. The number of carbonyl (C=O) groups is 2. The zero-order valence-corrected chi connectivity index (χ0v) is 13.7. The largest absolute Gasteiger partial charge is 0.516 e. The standard InChI is InChI=1S/C17H23NO5/c1-17(2,3)23-16(20)22-15(19)14-13(9-10-18-14)21-11-12-7-5-4-6-8-12/h4-8,13-14,18H,9-11H2,1-3H3/t13?,14-/m0/s1. The summed E-state index contributed by atoms with van der Waals surface area (Å²) in [6.07, 6.45) is -0.635. The van der Waals surface area contributed by atoms with Crippen molar-refractivity contribution in [1.82, 2.24) is 5.32 Å². The van der Waals surface area contributed by atoms with Crippen molar-refractivity contribution in [2.75, 3.05) is 6.54 Å². The Kier molecular flexibility index (Phi) is 5.74. The summed E-state index contributed by atoms with van der Waals surface area (Å²) in [5, 5.41) is 3.00. The van der Waals surface area contributed by atoms with Crippen LogP contribution in [0.4, 0.5) is 4.79 Å². The van der Waals surface area contributed by atoms with Gasteiger partial charge in [0, 0.05) is 0 Å². The zero-order chi connectivity index (χ0) is 16.9. The molecule has 0 aliphatic carbocycles. The van der Waals surface area contributed by atoms with Crippen molar-refractivity contribution in [1.29, 1.82) is 0 Å². The third-order valence-electron chi connectivity index (χ3n) is 3.30. The van der Waals surface area contributed by atoms with Crippen LogP contribution in [0.5, 0.6) is 0 Å². The van der Waals surface area contributed by atoms with E-state index in [0.717, 1.165) is 5.56 Å². The molecule has 0 bridgehead atoms. The van der Waals surface area contributed by atoms with Crippen LogP contribution in [0.25, 0.3) is 0 Å². The lowest BCUT2D eigenvalue weighted by Crippen LogP contribution is -2.42. The molecule has 2 atom stereocenters. The van der Waals surface area contributed by atoms with Gasteiger partial charge in [0.25, 0.3) is 0 Å². The summed E-state index contributed by atoms with van der Waals surface area (Å²) in [5.74, 6) is -0.671. The van der Waals surface area contributed by atoms with E-state index in [1.165, 1.54) is 0 Å². The van der Waals surface area contributed by atoms with E-state index in [1.807, 2.05) is 30.3 Å². The third-order valence-corrected chi connectivity index (χ3v) is 3.30. The van der Waals surface area contributed by atoms with Crippen molar-refractivity contribution in [3.05, 3.63) is 35.9 Å². The van der Waals surface area contributed by atoms with Crippen molar-refractivity contribution >= 4 is 12.1 Å². The Balaban J connectivity index is 1.85. The fourth-order valence-corrected chi connectivity index (χ4v) is 2.29. The predicted octanol–water partition coefficient (Wildman–Crippen LogP) is 2.41. The van der Waals surface area contributed by atoms with Crippen LogP contribution in [0.3, 0.4) is 0 Å². The smallest absolute Gasteiger partial charge is 0.428 e. The highest BCUT2D eigenvalue weighted by Crippen LogP contribution is 2.16. The molecule has 0 saturated carbocycles. The lowest BCUT2D eigenvalue weighted by Gasteiger charge is -2.21. The Morgan fingerprint density at radius 3 is 2.57 bits per heavy atom. The minimum absolute atomic E-state index is 0.329. The number of rotatable bonds is 4. The molecule has 1 aromatic carbocycles. The maximum Gasteiger partial charge on any atom is 0.516 e. The third kappa shape index (κ3) is 5.65. The van der Waals surface area contributed by atoms with Crippen molar-refractivity contribution in [3.63, 3.8) is 0 Å². The van der Waals surface area contributed by atoms with Crippen LogP contribution in [0.15, 0.2) is 30.3 Å². The second-order valence-electron chi connectivity index (χ2n) is 6.44. The highest BCUT2D eigenvalue weighted by Gasteiger charge is 2.36. The van der Waals surface area contributed by atoms with Gasteiger partial charge in [-0.3, -0.25) is 0 Å². The maximum atomic E-state index is 12.1. The van der Waals surface area contributed by atoms with Crippen LogP contribution < -0.4 is 5.32 Å². The van der Waals surface area contributed by atoms with Crippen molar-refractivity contribution in [3.8, 4) is 0 Å². The Morgan fingerprint density at radius 1 is 1.22 bits per heavy atom. The van der Waals surface area contributed by atoms with Crippen LogP contribution >= 0.6 is 0 Å². The first-order chi connectivity index (χ1) is 10.8. The SMILES string of the molecule is CC(C)(C)OC(=O)OC(=O)[C@H]1NCCC1OCc1ccccc1. The van der Waals surface area contributed by atoms with Gasteiger partial charge >= 0.3 is 12.1 Å².